The fraction of sp³-hybridized carbons (Fsp3) is 0.250. The van der Waals surface area contributed by atoms with Crippen LogP contribution in [-0.2, 0) is 0 Å². The zero-order chi connectivity index (χ0) is 14.8. The lowest BCUT2D eigenvalue weighted by Gasteiger charge is -2.16. The molecule has 0 radical (unpaired) electrons. The molecule has 1 heterocycles. The first-order valence-electron chi connectivity index (χ1n) is 6.98. The Labute approximate surface area is 123 Å². The predicted octanol–water partition coefficient (Wildman–Crippen LogP) is 2.38. The molecule has 0 aliphatic carbocycles. The monoisotopic (exact) mass is 285 g/mol. The third-order valence-electron chi connectivity index (χ3n) is 3.74. The SMILES string of the molecule is Cc1cc(O)ccc1NC1CC(c2ccc(O)cc2)NN1. The van der Waals surface area contributed by atoms with E-state index in [0.29, 0.717) is 0 Å². The largest absolute Gasteiger partial charge is 0.508 e. The third kappa shape index (κ3) is 3.09. The molecule has 0 amide bonds. The summed E-state index contributed by atoms with van der Waals surface area (Å²) < 4.78 is 0. The first kappa shape index (κ1) is 13.7. The molecule has 1 saturated heterocycles. The van der Waals surface area contributed by atoms with Crippen LogP contribution in [0.3, 0.4) is 0 Å². The van der Waals surface area contributed by atoms with Crippen LogP contribution in [0.5, 0.6) is 11.5 Å². The van der Waals surface area contributed by atoms with E-state index in [1.165, 1.54) is 0 Å². The Morgan fingerprint density at radius 3 is 2.43 bits per heavy atom. The molecule has 5 N–H and O–H groups in total. The summed E-state index contributed by atoms with van der Waals surface area (Å²) in [5.74, 6) is 0.552. The molecule has 0 bridgehead atoms. The van der Waals surface area contributed by atoms with Crippen molar-refractivity contribution in [3.63, 3.8) is 0 Å². The van der Waals surface area contributed by atoms with Crippen molar-refractivity contribution in [3.05, 3.63) is 53.6 Å². The van der Waals surface area contributed by atoms with Gasteiger partial charge in [-0.15, -0.1) is 0 Å². The second-order valence-electron chi connectivity index (χ2n) is 5.36. The molecule has 5 heteroatoms. The summed E-state index contributed by atoms with van der Waals surface area (Å²) in [4.78, 5) is 0. The van der Waals surface area contributed by atoms with Gasteiger partial charge in [-0.25, -0.2) is 10.9 Å². The van der Waals surface area contributed by atoms with E-state index < -0.39 is 0 Å². The van der Waals surface area contributed by atoms with Crippen LogP contribution in [0.1, 0.15) is 23.6 Å². The van der Waals surface area contributed by atoms with Gasteiger partial charge >= 0.3 is 0 Å². The topological polar surface area (TPSA) is 76.5 Å². The van der Waals surface area contributed by atoms with Crippen molar-refractivity contribution in [2.45, 2.75) is 25.6 Å². The first-order valence-corrected chi connectivity index (χ1v) is 6.98. The Kier molecular flexibility index (Phi) is 3.68. The van der Waals surface area contributed by atoms with Gasteiger partial charge in [-0.3, -0.25) is 0 Å². The van der Waals surface area contributed by atoms with Crippen LogP contribution in [0, 0.1) is 6.92 Å². The molecule has 2 unspecified atom stereocenters. The molecule has 2 aromatic rings. The van der Waals surface area contributed by atoms with Gasteiger partial charge in [0.15, 0.2) is 0 Å². The van der Waals surface area contributed by atoms with E-state index in [4.69, 9.17) is 0 Å². The molecule has 2 atom stereocenters. The second-order valence-corrected chi connectivity index (χ2v) is 5.36. The second kappa shape index (κ2) is 5.63. The van der Waals surface area contributed by atoms with Gasteiger partial charge in [-0.05, 0) is 48.4 Å². The molecule has 0 saturated carbocycles. The predicted molar refractivity (Wildman–Crippen MR) is 82.0 cm³/mol. The highest BCUT2D eigenvalue weighted by atomic mass is 16.3. The van der Waals surface area contributed by atoms with Crippen molar-refractivity contribution < 1.29 is 10.2 Å². The van der Waals surface area contributed by atoms with Gasteiger partial charge in [0.05, 0.1) is 6.17 Å². The van der Waals surface area contributed by atoms with E-state index in [1.54, 1.807) is 24.3 Å². The number of aryl methyl sites for hydroxylation is 1. The number of hydrazine groups is 1. The summed E-state index contributed by atoms with van der Waals surface area (Å²) in [6, 6.07) is 12.7. The molecule has 1 aliphatic heterocycles. The summed E-state index contributed by atoms with van der Waals surface area (Å²) >= 11 is 0. The molecule has 21 heavy (non-hydrogen) atoms. The van der Waals surface area contributed by atoms with Crippen LogP contribution in [0.15, 0.2) is 42.5 Å². The summed E-state index contributed by atoms with van der Waals surface area (Å²) in [6.45, 7) is 1.96. The molecule has 0 aromatic heterocycles. The van der Waals surface area contributed by atoms with Gasteiger partial charge in [0.2, 0.25) is 0 Å². The fourth-order valence-corrected chi connectivity index (χ4v) is 2.57. The first-order chi connectivity index (χ1) is 10.1. The van der Waals surface area contributed by atoms with Crippen molar-refractivity contribution in [1.29, 1.82) is 0 Å². The highest BCUT2D eigenvalue weighted by Crippen LogP contribution is 2.26. The minimum Gasteiger partial charge on any atom is -0.508 e. The summed E-state index contributed by atoms with van der Waals surface area (Å²) in [6.07, 6.45) is 0.984. The van der Waals surface area contributed by atoms with Crippen LogP contribution >= 0.6 is 0 Å². The minimum absolute atomic E-state index is 0.104. The number of hydrogen-bond acceptors (Lipinski definition) is 5. The normalized spacial score (nSPS) is 21.4. The molecule has 1 fully saturated rings. The number of benzene rings is 2. The molecule has 2 aromatic carbocycles. The van der Waals surface area contributed by atoms with Crippen LogP contribution in [0.2, 0.25) is 0 Å². The van der Waals surface area contributed by atoms with Crippen LogP contribution in [0.25, 0.3) is 0 Å². The Bertz CT molecular complexity index is 628. The standard InChI is InChI=1S/C16H19N3O2/c1-10-8-13(21)6-7-14(10)17-16-9-15(18-19-16)11-2-4-12(20)5-3-11/h2-8,15-21H,9H2,1H3. The van der Waals surface area contributed by atoms with E-state index in [9.17, 15) is 10.2 Å². The summed E-state index contributed by atoms with van der Waals surface area (Å²) in [7, 11) is 0. The van der Waals surface area contributed by atoms with Gasteiger partial charge in [0.1, 0.15) is 11.5 Å². The van der Waals surface area contributed by atoms with E-state index >= 15 is 0 Å². The number of nitrogens with one attached hydrogen (secondary N) is 3. The maximum absolute atomic E-state index is 9.44. The molecule has 0 spiro atoms. The van der Waals surface area contributed by atoms with Crippen molar-refractivity contribution in [2.75, 3.05) is 5.32 Å². The van der Waals surface area contributed by atoms with E-state index in [2.05, 4.69) is 16.2 Å². The zero-order valence-corrected chi connectivity index (χ0v) is 11.8. The van der Waals surface area contributed by atoms with Crippen LogP contribution < -0.4 is 16.2 Å². The lowest BCUT2D eigenvalue weighted by molar-refractivity contribution is 0.474. The van der Waals surface area contributed by atoms with Gasteiger partial charge in [0, 0.05) is 18.2 Å². The van der Waals surface area contributed by atoms with E-state index in [0.717, 1.165) is 23.2 Å². The molecule has 3 rings (SSSR count). The maximum atomic E-state index is 9.44. The minimum atomic E-state index is 0.104. The van der Waals surface area contributed by atoms with Gasteiger partial charge in [0.25, 0.3) is 0 Å². The summed E-state index contributed by atoms with van der Waals surface area (Å²) in [5.41, 5.74) is 9.61. The molecular weight excluding hydrogens is 266 g/mol. The average molecular weight is 285 g/mol. The smallest absolute Gasteiger partial charge is 0.115 e. The number of phenols is 2. The summed E-state index contributed by atoms with van der Waals surface area (Å²) in [5, 5.41) is 22.2. The molecular formula is C16H19N3O2. The van der Waals surface area contributed by atoms with E-state index in [-0.39, 0.29) is 23.7 Å². The quantitative estimate of drug-likeness (QED) is 0.560. The number of aromatic hydroxyl groups is 2. The van der Waals surface area contributed by atoms with Crippen LogP contribution in [0.4, 0.5) is 5.69 Å². The van der Waals surface area contributed by atoms with Crippen molar-refractivity contribution in [1.82, 2.24) is 10.9 Å². The fourth-order valence-electron chi connectivity index (χ4n) is 2.57. The third-order valence-corrected chi connectivity index (χ3v) is 3.74. The zero-order valence-electron chi connectivity index (χ0n) is 11.8. The number of phenolic OH excluding ortho intramolecular Hbond substituents is 2. The average Bonchev–Trinajstić information content (AvgIpc) is 2.91. The number of hydrogen-bond donors (Lipinski definition) is 5. The Hall–Kier alpha value is -2.24. The lowest BCUT2D eigenvalue weighted by Crippen LogP contribution is -2.36. The van der Waals surface area contributed by atoms with Crippen molar-refractivity contribution >= 4 is 5.69 Å². The van der Waals surface area contributed by atoms with Gasteiger partial charge in [-0.1, -0.05) is 12.1 Å². The number of anilines is 1. The Morgan fingerprint density at radius 1 is 1.00 bits per heavy atom. The molecule has 5 nitrogen and oxygen atoms in total. The van der Waals surface area contributed by atoms with E-state index in [1.807, 2.05) is 25.1 Å². The molecule has 110 valence electrons. The highest BCUT2D eigenvalue weighted by Gasteiger charge is 2.25. The van der Waals surface area contributed by atoms with Crippen molar-refractivity contribution in [3.8, 4) is 11.5 Å². The lowest BCUT2D eigenvalue weighted by atomic mass is 10.0. The molecule has 1 aliphatic rings. The maximum Gasteiger partial charge on any atom is 0.115 e. The van der Waals surface area contributed by atoms with Gasteiger partial charge < -0.3 is 15.5 Å². The Morgan fingerprint density at radius 2 is 1.71 bits per heavy atom. The number of rotatable bonds is 3. The highest BCUT2D eigenvalue weighted by molar-refractivity contribution is 5.54. The van der Waals surface area contributed by atoms with Crippen molar-refractivity contribution in [2.24, 2.45) is 0 Å². The van der Waals surface area contributed by atoms with Gasteiger partial charge in [-0.2, -0.15) is 0 Å². The Balaban J connectivity index is 1.65. The van der Waals surface area contributed by atoms with Crippen LogP contribution in [-0.4, -0.2) is 16.4 Å².